The van der Waals surface area contributed by atoms with E-state index >= 15 is 0 Å². The average molecular weight is 270 g/mol. The molecule has 100 valence electrons. The number of halogens is 1. The quantitative estimate of drug-likeness (QED) is 0.806. The molecule has 0 heterocycles. The summed E-state index contributed by atoms with van der Waals surface area (Å²) in [5.41, 5.74) is 0.617. The number of nitrogens with one attached hydrogen (secondary N) is 1. The summed E-state index contributed by atoms with van der Waals surface area (Å²) in [6.07, 6.45) is 0. The lowest BCUT2D eigenvalue weighted by molar-refractivity contribution is 0.0952. The number of rotatable bonds is 6. The lowest BCUT2D eigenvalue weighted by Crippen LogP contribution is -2.31. The van der Waals surface area contributed by atoms with Crippen LogP contribution in [0.4, 0.5) is 0 Å². The van der Waals surface area contributed by atoms with Crippen LogP contribution in [0.2, 0.25) is 0 Å². The second kappa shape index (κ2) is 7.27. The van der Waals surface area contributed by atoms with Crippen LogP contribution in [-0.4, -0.2) is 24.4 Å². The van der Waals surface area contributed by atoms with E-state index in [0.29, 0.717) is 24.6 Å². The molecule has 18 heavy (non-hydrogen) atoms. The van der Waals surface area contributed by atoms with E-state index in [9.17, 15) is 4.79 Å². The average Bonchev–Trinajstić information content (AvgIpc) is 2.36. The molecule has 1 N–H and O–H groups in total. The molecule has 1 aromatic carbocycles. The first-order valence-electron chi connectivity index (χ1n) is 6.19. The monoisotopic (exact) mass is 269 g/mol. The molecule has 1 amide bonds. The standard InChI is InChI=1S/C14H20ClNO2/c1-4-18-12-7-5-11(6-8-12)14(17)16-9-13(15)10(2)3/h5-8,10,13H,4,9H2,1-3H3,(H,16,17). The van der Waals surface area contributed by atoms with Gasteiger partial charge in [0.1, 0.15) is 5.75 Å². The van der Waals surface area contributed by atoms with Crippen molar-refractivity contribution >= 4 is 17.5 Å². The molecule has 3 nitrogen and oxygen atoms in total. The van der Waals surface area contributed by atoms with E-state index in [1.807, 2.05) is 20.8 Å². The maximum atomic E-state index is 11.8. The summed E-state index contributed by atoms with van der Waals surface area (Å²) in [4.78, 5) is 11.8. The fourth-order valence-corrected chi connectivity index (χ4v) is 1.47. The van der Waals surface area contributed by atoms with Crippen molar-refractivity contribution < 1.29 is 9.53 Å². The maximum absolute atomic E-state index is 11.8. The van der Waals surface area contributed by atoms with E-state index < -0.39 is 0 Å². The SMILES string of the molecule is CCOc1ccc(C(=O)NCC(Cl)C(C)C)cc1. The number of amides is 1. The highest BCUT2D eigenvalue weighted by molar-refractivity contribution is 6.21. The molecule has 0 saturated carbocycles. The summed E-state index contributed by atoms with van der Waals surface area (Å²) in [5.74, 6) is 1.00. The second-order valence-corrected chi connectivity index (χ2v) is 4.99. The number of hydrogen-bond acceptors (Lipinski definition) is 2. The molecule has 0 fully saturated rings. The van der Waals surface area contributed by atoms with Gasteiger partial charge in [-0.05, 0) is 37.1 Å². The number of carbonyl (C=O) groups excluding carboxylic acids is 1. The Kier molecular flexibility index (Phi) is 5.99. The van der Waals surface area contributed by atoms with Crippen LogP contribution in [0, 0.1) is 5.92 Å². The minimum Gasteiger partial charge on any atom is -0.494 e. The third-order valence-corrected chi connectivity index (χ3v) is 3.27. The topological polar surface area (TPSA) is 38.3 Å². The molecule has 0 saturated heterocycles. The minimum atomic E-state index is -0.107. The van der Waals surface area contributed by atoms with Gasteiger partial charge in [0.05, 0.1) is 12.0 Å². The Morgan fingerprint density at radius 3 is 2.44 bits per heavy atom. The van der Waals surface area contributed by atoms with Gasteiger partial charge >= 0.3 is 0 Å². The number of ether oxygens (including phenoxy) is 1. The highest BCUT2D eigenvalue weighted by Gasteiger charge is 2.12. The molecule has 1 atom stereocenters. The van der Waals surface area contributed by atoms with Crippen molar-refractivity contribution in [3.63, 3.8) is 0 Å². The molecule has 1 aromatic rings. The van der Waals surface area contributed by atoms with Crippen LogP contribution in [0.5, 0.6) is 5.75 Å². The van der Waals surface area contributed by atoms with E-state index in [-0.39, 0.29) is 11.3 Å². The molecule has 0 aliphatic rings. The van der Waals surface area contributed by atoms with Crippen molar-refractivity contribution in [3.8, 4) is 5.75 Å². The fraction of sp³-hybridized carbons (Fsp3) is 0.500. The van der Waals surface area contributed by atoms with Crippen molar-refractivity contribution in [1.29, 1.82) is 0 Å². The zero-order valence-corrected chi connectivity index (χ0v) is 11.8. The Morgan fingerprint density at radius 2 is 1.94 bits per heavy atom. The van der Waals surface area contributed by atoms with Crippen LogP contribution in [0.15, 0.2) is 24.3 Å². The van der Waals surface area contributed by atoms with Gasteiger partial charge in [0.2, 0.25) is 0 Å². The zero-order valence-electron chi connectivity index (χ0n) is 11.1. The Bertz CT molecular complexity index is 376. The third-order valence-electron chi connectivity index (χ3n) is 2.61. The van der Waals surface area contributed by atoms with Crippen LogP contribution in [0.1, 0.15) is 31.1 Å². The van der Waals surface area contributed by atoms with Gasteiger partial charge in [-0.15, -0.1) is 11.6 Å². The van der Waals surface area contributed by atoms with Gasteiger partial charge in [-0.2, -0.15) is 0 Å². The van der Waals surface area contributed by atoms with Crippen molar-refractivity contribution in [2.75, 3.05) is 13.2 Å². The van der Waals surface area contributed by atoms with Crippen molar-refractivity contribution in [2.45, 2.75) is 26.1 Å². The zero-order chi connectivity index (χ0) is 13.5. The molecule has 0 aliphatic heterocycles. The molecule has 0 aliphatic carbocycles. The van der Waals surface area contributed by atoms with Gasteiger partial charge in [-0.3, -0.25) is 4.79 Å². The molecule has 4 heteroatoms. The Morgan fingerprint density at radius 1 is 1.33 bits per heavy atom. The summed E-state index contributed by atoms with van der Waals surface area (Å²) < 4.78 is 5.32. The molecule has 1 unspecified atom stereocenters. The van der Waals surface area contributed by atoms with Crippen LogP contribution < -0.4 is 10.1 Å². The Hall–Kier alpha value is -1.22. The van der Waals surface area contributed by atoms with Crippen LogP contribution in [0.3, 0.4) is 0 Å². The fourth-order valence-electron chi connectivity index (χ4n) is 1.40. The largest absolute Gasteiger partial charge is 0.494 e. The van der Waals surface area contributed by atoms with E-state index in [4.69, 9.17) is 16.3 Å². The van der Waals surface area contributed by atoms with Gasteiger partial charge < -0.3 is 10.1 Å². The highest BCUT2D eigenvalue weighted by Crippen LogP contribution is 2.12. The molecule has 1 rings (SSSR count). The van der Waals surface area contributed by atoms with Crippen LogP contribution in [-0.2, 0) is 0 Å². The third kappa shape index (κ3) is 4.57. The molecule has 0 aromatic heterocycles. The molecular formula is C14H20ClNO2. The summed E-state index contributed by atoms with van der Waals surface area (Å²) in [7, 11) is 0. The van der Waals surface area contributed by atoms with Crippen molar-refractivity contribution in [1.82, 2.24) is 5.32 Å². The number of benzene rings is 1. The lowest BCUT2D eigenvalue weighted by Gasteiger charge is -2.14. The van der Waals surface area contributed by atoms with Gasteiger partial charge in [0.15, 0.2) is 0 Å². The number of carbonyl (C=O) groups is 1. The summed E-state index contributed by atoms with van der Waals surface area (Å²) in [5, 5.41) is 2.78. The molecule has 0 bridgehead atoms. The van der Waals surface area contributed by atoms with E-state index in [1.165, 1.54) is 0 Å². The van der Waals surface area contributed by atoms with Crippen molar-refractivity contribution in [3.05, 3.63) is 29.8 Å². The molecule has 0 radical (unpaired) electrons. The normalized spacial score (nSPS) is 12.3. The Balaban J connectivity index is 2.51. The van der Waals surface area contributed by atoms with Gasteiger partial charge in [0.25, 0.3) is 5.91 Å². The van der Waals surface area contributed by atoms with E-state index in [2.05, 4.69) is 5.32 Å². The van der Waals surface area contributed by atoms with Crippen molar-refractivity contribution in [2.24, 2.45) is 5.92 Å². The van der Waals surface area contributed by atoms with E-state index in [0.717, 1.165) is 5.75 Å². The predicted octanol–water partition coefficient (Wildman–Crippen LogP) is 3.08. The second-order valence-electron chi connectivity index (χ2n) is 4.43. The minimum absolute atomic E-state index is 0.0448. The number of hydrogen-bond donors (Lipinski definition) is 1. The molecular weight excluding hydrogens is 250 g/mol. The predicted molar refractivity (Wildman–Crippen MR) is 74.4 cm³/mol. The Labute approximate surface area is 113 Å². The van der Waals surface area contributed by atoms with Crippen LogP contribution in [0.25, 0.3) is 0 Å². The van der Waals surface area contributed by atoms with Gasteiger partial charge in [-0.1, -0.05) is 13.8 Å². The highest BCUT2D eigenvalue weighted by atomic mass is 35.5. The van der Waals surface area contributed by atoms with Gasteiger partial charge in [0, 0.05) is 12.1 Å². The number of alkyl halides is 1. The van der Waals surface area contributed by atoms with Crippen LogP contribution >= 0.6 is 11.6 Å². The van der Waals surface area contributed by atoms with E-state index in [1.54, 1.807) is 24.3 Å². The first-order chi connectivity index (χ1) is 8.54. The summed E-state index contributed by atoms with van der Waals surface area (Å²) in [6.45, 7) is 7.08. The lowest BCUT2D eigenvalue weighted by atomic mass is 10.1. The van der Waals surface area contributed by atoms with Gasteiger partial charge in [-0.25, -0.2) is 0 Å². The maximum Gasteiger partial charge on any atom is 0.251 e. The summed E-state index contributed by atoms with van der Waals surface area (Å²) >= 11 is 6.08. The first kappa shape index (κ1) is 14.8. The summed E-state index contributed by atoms with van der Waals surface area (Å²) in [6, 6.07) is 7.08. The smallest absolute Gasteiger partial charge is 0.251 e. The molecule has 0 spiro atoms. The first-order valence-corrected chi connectivity index (χ1v) is 6.63.